The van der Waals surface area contributed by atoms with Crippen LogP contribution in [0.15, 0.2) is 30.7 Å². The molecule has 0 aliphatic rings. The molecule has 118 valence electrons. The van der Waals surface area contributed by atoms with Crippen LogP contribution in [0.3, 0.4) is 0 Å². The average molecular weight is 302 g/mol. The van der Waals surface area contributed by atoms with Crippen molar-refractivity contribution >= 4 is 5.97 Å². The maximum Gasteiger partial charge on any atom is 0.305 e. The van der Waals surface area contributed by atoms with E-state index in [-0.39, 0.29) is 5.97 Å². The third kappa shape index (κ3) is 5.27. The smallest absolute Gasteiger partial charge is 0.305 e. The molecule has 2 aromatic rings. The van der Waals surface area contributed by atoms with Gasteiger partial charge in [0, 0.05) is 30.9 Å². The van der Waals surface area contributed by atoms with Gasteiger partial charge in [-0.25, -0.2) is 0 Å². The SMILES string of the molecule is COC(=O)CCCCCCCn1cc(-c2cccnc2)nn1. The minimum atomic E-state index is -0.120. The minimum Gasteiger partial charge on any atom is -0.469 e. The number of esters is 1. The number of methoxy groups -OCH3 is 1. The Balaban J connectivity index is 1.62. The summed E-state index contributed by atoms with van der Waals surface area (Å²) in [6.07, 6.45) is 11.3. The lowest BCUT2D eigenvalue weighted by atomic mass is 10.1. The van der Waals surface area contributed by atoms with Gasteiger partial charge in [-0.3, -0.25) is 14.5 Å². The van der Waals surface area contributed by atoms with E-state index in [1.807, 2.05) is 23.0 Å². The van der Waals surface area contributed by atoms with Crippen molar-refractivity contribution in [1.29, 1.82) is 0 Å². The third-order valence-corrected chi connectivity index (χ3v) is 3.49. The molecule has 0 fully saturated rings. The molecule has 2 rings (SSSR count). The normalized spacial score (nSPS) is 10.6. The van der Waals surface area contributed by atoms with E-state index in [1.54, 1.807) is 12.4 Å². The van der Waals surface area contributed by atoms with Gasteiger partial charge in [0.25, 0.3) is 0 Å². The van der Waals surface area contributed by atoms with Gasteiger partial charge in [0.2, 0.25) is 0 Å². The Morgan fingerprint density at radius 3 is 2.82 bits per heavy atom. The summed E-state index contributed by atoms with van der Waals surface area (Å²) in [7, 11) is 1.43. The maximum absolute atomic E-state index is 11.0. The largest absolute Gasteiger partial charge is 0.469 e. The number of hydrogen-bond acceptors (Lipinski definition) is 5. The first-order valence-corrected chi connectivity index (χ1v) is 7.67. The number of unbranched alkanes of at least 4 members (excludes halogenated alkanes) is 4. The highest BCUT2D eigenvalue weighted by atomic mass is 16.5. The number of carbonyl (C=O) groups excluding carboxylic acids is 1. The van der Waals surface area contributed by atoms with Crippen LogP contribution in [0.4, 0.5) is 0 Å². The Kier molecular flexibility index (Phi) is 6.54. The summed E-state index contributed by atoms with van der Waals surface area (Å²) in [6, 6.07) is 3.87. The lowest BCUT2D eigenvalue weighted by Crippen LogP contribution is -2.00. The monoisotopic (exact) mass is 302 g/mol. The quantitative estimate of drug-likeness (QED) is 0.526. The molecule has 0 saturated carbocycles. The topological polar surface area (TPSA) is 69.9 Å². The highest BCUT2D eigenvalue weighted by molar-refractivity contribution is 5.68. The summed E-state index contributed by atoms with van der Waals surface area (Å²) in [5.41, 5.74) is 1.84. The fourth-order valence-corrected chi connectivity index (χ4v) is 2.23. The zero-order valence-corrected chi connectivity index (χ0v) is 12.9. The Hall–Kier alpha value is -2.24. The van der Waals surface area contributed by atoms with Crippen LogP contribution in [0.2, 0.25) is 0 Å². The molecule has 0 saturated heterocycles. The molecule has 6 heteroatoms. The van der Waals surface area contributed by atoms with Crippen molar-refractivity contribution in [2.45, 2.75) is 45.1 Å². The standard InChI is InChI=1S/C16H22N4O2/c1-22-16(21)9-5-3-2-4-6-11-20-13-15(18-19-20)14-8-7-10-17-12-14/h7-8,10,12-13H,2-6,9,11H2,1H3. The van der Waals surface area contributed by atoms with Gasteiger partial charge in [-0.15, -0.1) is 5.10 Å². The van der Waals surface area contributed by atoms with E-state index in [0.717, 1.165) is 49.9 Å². The molecular weight excluding hydrogens is 280 g/mol. The second kappa shape index (κ2) is 8.92. The third-order valence-electron chi connectivity index (χ3n) is 3.49. The zero-order valence-electron chi connectivity index (χ0n) is 12.9. The first-order valence-electron chi connectivity index (χ1n) is 7.67. The second-order valence-corrected chi connectivity index (χ2v) is 5.20. The van der Waals surface area contributed by atoms with Crippen molar-refractivity contribution in [3.8, 4) is 11.3 Å². The first kappa shape index (κ1) is 16.1. The van der Waals surface area contributed by atoms with Crippen molar-refractivity contribution < 1.29 is 9.53 Å². The van der Waals surface area contributed by atoms with Crippen molar-refractivity contribution in [3.63, 3.8) is 0 Å². The highest BCUT2D eigenvalue weighted by Gasteiger charge is 2.03. The molecule has 0 unspecified atom stereocenters. The fraction of sp³-hybridized carbons (Fsp3) is 0.500. The molecule has 0 aliphatic carbocycles. The molecule has 0 amide bonds. The molecule has 22 heavy (non-hydrogen) atoms. The van der Waals surface area contributed by atoms with Gasteiger partial charge in [-0.05, 0) is 25.0 Å². The second-order valence-electron chi connectivity index (χ2n) is 5.20. The molecule has 0 aromatic carbocycles. The summed E-state index contributed by atoms with van der Waals surface area (Å²) in [6.45, 7) is 0.865. The molecule has 6 nitrogen and oxygen atoms in total. The molecule has 0 spiro atoms. The summed E-state index contributed by atoms with van der Waals surface area (Å²) in [4.78, 5) is 15.0. The Bertz CT molecular complexity index is 569. The number of rotatable bonds is 9. The van der Waals surface area contributed by atoms with Crippen LogP contribution < -0.4 is 0 Å². The Labute approximate surface area is 130 Å². The number of aryl methyl sites for hydroxylation is 1. The molecular formula is C16H22N4O2. The molecule has 2 aromatic heterocycles. The summed E-state index contributed by atoms with van der Waals surface area (Å²) in [5, 5.41) is 8.30. The van der Waals surface area contributed by atoms with Crippen LogP contribution in [0.5, 0.6) is 0 Å². The van der Waals surface area contributed by atoms with Crippen molar-refractivity contribution in [2.24, 2.45) is 0 Å². The predicted octanol–water partition coefficient (Wildman–Crippen LogP) is 2.85. The predicted molar refractivity (Wildman–Crippen MR) is 83.0 cm³/mol. The van der Waals surface area contributed by atoms with E-state index in [9.17, 15) is 4.79 Å². The average Bonchev–Trinajstić information content (AvgIpc) is 3.03. The number of aromatic nitrogens is 4. The maximum atomic E-state index is 11.0. The van der Waals surface area contributed by atoms with Crippen molar-refractivity contribution in [1.82, 2.24) is 20.0 Å². The number of hydrogen-bond donors (Lipinski definition) is 0. The van der Waals surface area contributed by atoms with Crippen LogP contribution in [0, 0.1) is 0 Å². The van der Waals surface area contributed by atoms with Crippen LogP contribution in [-0.2, 0) is 16.1 Å². The van der Waals surface area contributed by atoms with Gasteiger partial charge >= 0.3 is 5.97 Å². The Morgan fingerprint density at radius 2 is 2.05 bits per heavy atom. The number of pyridine rings is 1. The van der Waals surface area contributed by atoms with E-state index in [4.69, 9.17) is 0 Å². The summed E-state index contributed by atoms with van der Waals surface area (Å²) in [5.74, 6) is -0.120. The molecule has 0 atom stereocenters. The first-order chi connectivity index (χ1) is 10.8. The molecule has 2 heterocycles. The van der Waals surface area contributed by atoms with Gasteiger partial charge in [0.05, 0.1) is 13.3 Å². The lowest BCUT2D eigenvalue weighted by molar-refractivity contribution is -0.140. The molecule has 0 bridgehead atoms. The zero-order chi connectivity index (χ0) is 15.6. The number of nitrogens with zero attached hydrogens (tertiary/aromatic N) is 4. The van der Waals surface area contributed by atoms with Crippen molar-refractivity contribution in [2.75, 3.05) is 7.11 Å². The van der Waals surface area contributed by atoms with E-state index in [1.165, 1.54) is 7.11 Å². The van der Waals surface area contributed by atoms with Gasteiger partial charge in [-0.1, -0.05) is 24.5 Å². The van der Waals surface area contributed by atoms with E-state index in [2.05, 4.69) is 20.0 Å². The lowest BCUT2D eigenvalue weighted by Gasteiger charge is -2.01. The fourth-order valence-electron chi connectivity index (χ4n) is 2.23. The summed E-state index contributed by atoms with van der Waals surface area (Å²) >= 11 is 0. The molecule has 0 aliphatic heterocycles. The number of ether oxygens (including phenoxy) is 1. The van der Waals surface area contributed by atoms with Gasteiger partial charge in [-0.2, -0.15) is 0 Å². The van der Waals surface area contributed by atoms with Crippen LogP contribution >= 0.6 is 0 Å². The van der Waals surface area contributed by atoms with Gasteiger partial charge < -0.3 is 4.74 Å². The highest BCUT2D eigenvalue weighted by Crippen LogP contribution is 2.14. The number of carbonyl (C=O) groups is 1. The minimum absolute atomic E-state index is 0.120. The van der Waals surface area contributed by atoms with Gasteiger partial charge in [0.15, 0.2) is 0 Å². The van der Waals surface area contributed by atoms with Crippen LogP contribution in [-0.4, -0.2) is 33.1 Å². The van der Waals surface area contributed by atoms with E-state index in [0.29, 0.717) is 6.42 Å². The van der Waals surface area contributed by atoms with Crippen molar-refractivity contribution in [3.05, 3.63) is 30.7 Å². The van der Waals surface area contributed by atoms with E-state index >= 15 is 0 Å². The van der Waals surface area contributed by atoms with Gasteiger partial charge in [0.1, 0.15) is 5.69 Å². The van der Waals surface area contributed by atoms with Crippen LogP contribution in [0.1, 0.15) is 38.5 Å². The molecule has 0 radical (unpaired) electrons. The van der Waals surface area contributed by atoms with E-state index < -0.39 is 0 Å². The summed E-state index contributed by atoms with van der Waals surface area (Å²) < 4.78 is 6.48. The van der Waals surface area contributed by atoms with Crippen LogP contribution in [0.25, 0.3) is 11.3 Å². The Morgan fingerprint density at radius 1 is 1.23 bits per heavy atom. The molecule has 0 N–H and O–H groups in total.